The second kappa shape index (κ2) is 12.0. The van der Waals surface area contributed by atoms with Gasteiger partial charge < -0.3 is 31.1 Å². The molecule has 1 rings (SSSR count). The molecule has 9 heteroatoms. The summed E-state index contributed by atoms with van der Waals surface area (Å²) in [5.41, 5.74) is 6.95. The number of amides is 3. The summed E-state index contributed by atoms with van der Waals surface area (Å²) in [5.74, 6) is -1.02. The summed E-state index contributed by atoms with van der Waals surface area (Å²) in [6, 6.07) is 6.93. The van der Waals surface area contributed by atoms with Gasteiger partial charge in [0.15, 0.2) is 0 Å². The number of nitrogens with one attached hydrogen (secondary N) is 2. The molecule has 0 aliphatic rings. The van der Waals surface area contributed by atoms with Gasteiger partial charge in [0.05, 0.1) is 0 Å². The monoisotopic (exact) mass is 366 g/mol. The highest BCUT2D eigenvalue weighted by molar-refractivity contribution is 5.94. The molecule has 26 heavy (non-hydrogen) atoms. The minimum atomic E-state index is -0.610. The van der Waals surface area contributed by atoms with Crippen molar-refractivity contribution < 1.29 is 24.2 Å². The minimum Gasteiger partial charge on any atom is -0.387 e. The van der Waals surface area contributed by atoms with Crippen molar-refractivity contribution in [1.82, 2.24) is 15.5 Å². The van der Waals surface area contributed by atoms with Crippen molar-refractivity contribution in [3.8, 4) is 0 Å². The van der Waals surface area contributed by atoms with Crippen LogP contribution in [0.3, 0.4) is 0 Å². The van der Waals surface area contributed by atoms with Crippen molar-refractivity contribution in [2.45, 2.75) is 6.54 Å². The first-order valence-electron chi connectivity index (χ1n) is 8.23. The molecule has 144 valence electrons. The van der Waals surface area contributed by atoms with Gasteiger partial charge in [-0.05, 0) is 17.7 Å². The lowest BCUT2D eigenvalue weighted by Gasteiger charge is -2.23. The SMILES string of the molecule is COCC(=O)NCCN(CCNC(=O)CO)C(=O)c1ccc(CN)cc1. The van der Waals surface area contributed by atoms with E-state index in [1.807, 2.05) is 0 Å². The molecule has 3 amide bonds. The summed E-state index contributed by atoms with van der Waals surface area (Å²) < 4.78 is 4.73. The van der Waals surface area contributed by atoms with Crippen molar-refractivity contribution in [3.63, 3.8) is 0 Å². The van der Waals surface area contributed by atoms with Gasteiger partial charge in [-0.2, -0.15) is 0 Å². The number of carbonyl (C=O) groups is 3. The maximum Gasteiger partial charge on any atom is 0.253 e. The van der Waals surface area contributed by atoms with Crippen LogP contribution in [0.5, 0.6) is 0 Å². The molecular formula is C17H26N4O5. The zero-order valence-electron chi connectivity index (χ0n) is 14.9. The summed E-state index contributed by atoms with van der Waals surface area (Å²) in [6.45, 7) is 0.672. The third kappa shape index (κ3) is 7.60. The lowest BCUT2D eigenvalue weighted by atomic mass is 10.1. The zero-order chi connectivity index (χ0) is 19.4. The van der Waals surface area contributed by atoms with Gasteiger partial charge in [-0.15, -0.1) is 0 Å². The van der Waals surface area contributed by atoms with Crippen molar-refractivity contribution in [3.05, 3.63) is 35.4 Å². The van der Waals surface area contributed by atoms with Gasteiger partial charge >= 0.3 is 0 Å². The first-order chi connectivity index (χ1) is 12.5. The van der Waals surface area contributed by atoms with Crippen molar-refractivity contribution in [2.24, 2.45) is 5.73 Å². The van der Waals surface area contributed by atoms with Crippen molar-refractivity contribution in [1.29, 1.82) is 0 Å². The fourth-order valence-electron chi connectivity index (χ4n) is 2.18. The second-order valence-corrected chi connectivity index (χ2v) is 5.48. The van der Waals surface area contributed by atoms with Gasteiger partial charge in [0.1, 0.15) is 13.2 Å². The maximum atomic E-state index is 12.7. The van der Waals surface area contributed by atoms with E-state index in [1.54, 1.807) is 24.3 Å². The molecule has 0 radical (unpaired) electrons. The summed E-state index contributed by atoms with van der Waals surface area (Å²) in [4.78, 5) is 36.8. The number of aliphatic hydroxyl groups excluding tert-OH is 1. The average molecular weight is 366 g/mol. The Balaban J connectivity index is 2.68. The number of benzene rings is 1. The Hall–Kier alpha value is -2.49. The average Bonchev–Trinajstić information content (AvgIpc) is 2.66. The van der Waals surface area contributed by atoms with Crippen LogP contribution < -0.4 is 16.4 Å². The Morgan fingerprint density at radius 3 is 2.15 bits per heavy atom. The molecule has 0 saturated heterocycles. The van der Waals surface area contributed by atoms with E-state index in [4.69, 9.17) is 15.6 Å². The van der Waals surface area contributed by atoms with Crippen LogP contribution in [0.1, 0.15) is 15.9 Å². The topological polar surface area (TPSA) is 134 Å². The van der Waals surface area contributed by atoms with E-state index < -0.39 is 12.5 Å². The van der Waals surface area contributed by atoms with Gasteiger partial charge in [0.2, 0.25) is 11.8 Å². The number of methoxy groups -OCH3 is 1. The summed E-state index contributed by atoms with van der Waals surface area (Å²) in [6.07, 6.45) is 0. The number of hydrogen-bond donors (Lipinski definition) is 4. The molecule has 5 N–H and O–H groups in total. The van der Waals surface area contributed by atoms with Gasteiger partial charge in [-0.25, -0.2) is 0 Å². The Bertz CT molecular complexity index is 591. The molecule has 0 spiro atoms. The highest BCUT2D eigenvalue weighted by atomic mass is 16.5. The summed E-state index contributed by atoms with van der Waals surface area (Å²) in [5, 5.41) is 13.9. The number of hydrogen-bond acceptors (Lipinski definition) is 6. The smallest absolute Gasteiger partial charge is 0.253 e. The predicted molar refractivity (Wildman–Crippen MR) is 95.2 cm³/mol. The summed E-state index contributed by atoms with van der Waals surface area (Å²) in [7, 11) is 1.42. The molecular weight excluding hydrogens is 340 g/mol. The van der Waals surface area contributed by atoms with E-state index >= 15 is 0 Å². The number of ether oxygens (including phenoxy) is 1. The first kappa shape index (κ1) is 21.6. The Morgan fingerprint density at radius 2 is 1.65 bits per heavy atom. The largest absolute Gasteiger partial charge is 0.387 e. The van der Waals surface area contributed by atoms with E-state index in [9.17, 15) is 14.4 Å². The molecule has 0 fully saturated rings. The highest BCUT2D eigenvalue weighted by Gasteiger charge is 2.16. The number of aliphatic hydroxyl groups is 1. The highest BCUT2D eigenvalue weighted by Crippen LogP contribution is 2.07. The second-order valence-electron chi connectivity index (χ2n) is 5.48. The van der Waals surface area contributed by atoms with Crippen LogP contribution in [-0.4, -0.2) is 74.2 Å². The van der Waals surface area contributed by atoms with Gasteiger partial charge in [-0.3, -0.25) is 14.4 Å². The number of nitrogens with two attached hydrogens (primary N) is 1. The van der Waals surface area contributed by atoms with E-state index in [1.165, 1.54) is 12.0 Å². The molecule has 1 aromatic carbocycles. The zero-order valence-corrected chi connectivity index (χ0v) is 14.9. The van der Waals surface area contributed by atoms with Crippen LogP contribution in [0.15, 0.2) is 24.3 Å². The van der Waals surface area contributed by atoms with E-state index in [2.05, 4.69) is 10.6 Å². The van der Waals surface area contributed by atoms with E-state index in [-0.39, 0.29) is 44.6 Å². The molecule has 9 nitrogen and oxygen atoms in total. The van der Waals surface area contributed by atoms with Crippen LogP contribution in [0.4, 0.5) is 0 Å². The van der Waals surface area contributed by atoms with Crippen molar-refractivity contribution in [2.75, 3.05) is 46.5 Å². The van der Waals surface area contributed by atoms with Gasteiger partial charge in [-0.1, -0.05) is 12.1 Å². The fraction of sp³-hybridized carbons (Fsp3) is 0.471. The molecule has 0 saturated carbocycles. The Morgan fingerprint density at radius 1 is 1.08 bits per heavy atom. The minimum absolute atomic E-state index is 0.0545. The molecule has 1 aromatic rings. The van der Waals surface area contributed by atoms with Gasteiger partial charge in [0.25, 0.3) is 5.91 Å². The number of rotatable bonds is 11. The van der Waals surface area contributed by atoms with Crippen molar-refractivity contribution >= 4 is 17.7 Å². The Kier molecular flexibility index (Phi) is 9.91. The first-order valence-corrected chi connectivity index (χ1v) is 8.23. The van der Waals surface area contributed by atoms with Crippen LogP contribution in [0, 0.1) is 0 Å². The lowest BCUT2D eigenvalue weighted by Crippen LogP contribution is -2.43. The molecule has 0 atom stereocenters. The molecule has 0 aliphatic heterocycles. The lowest BCUT2D eigenvalue weighted by molar-refractivity contribution is -0.125. The van der Waals surface area contributed by atoms with Crippen LogP contribution >= 0.6 is 0 Å². The Labute approximate surface area is 152 Å². The molecule has 0 aromatic heterocycles. The molecule has 0 aliphatic carbocycles. The predicted octanol–water partition coefficient (Wildman–Crippen LogP) is -1.54. The van der Waals surface area contributed by atoms with Crippen LogP contribution in [-0.2, 0) is 20.9 Å². The molecule has 0 bridgehead atoms. The maximum absolute atomic E-state index is 12.7. The number of carbonyl (C=O) groups excluding carboxylic acids is 3. The third-order valence-electron chi connectivity index (χ3n) is 3.55. The van der Waals surface area contributed by atoms with Gasteiger partial charge in [0, 0.05) is 45.4 Å². The third-order valence-corrected chi connectivity index (χ3v) is 3.55. The van der Waals surface area contributed by atoms with Crippen LogP contribution in [0.2, 0.25) is 0 Å². The number of nitrogens with zero attached hydrogens (tertiary/aromatic N) is 1. The van der Waals surface area contributed by atoms with Crippen LogP contribution in [0.25, 0.3) is 0 Å². The standard InChI is InChI=1S/C17H26N4O5/c1-26-12-16(24)20-7-9-21(8-6-19-15(23)11-22)17(25)14-4-2-13(10-18)3-5-14/h2-5,22H,6-12,18H2,1H3,(H,19,23)(H,20,24). The van der Waals surface area contributed by atoms with E-state index in [0.717, 1.165) is 5.56 Å². The summed E-state index contributed by atoms with van der Waals surface area (Å²) >= 11 is 0. The van der Waals surface area contributed by atoms with E-state index in [0.29, 0.717) is 12.1 Å². The normalized spacial score (nSPS) is 10.3. The quantitative estimate of drug-likeness (QED) is 0.375. The molecule has 0 heterocycles. The molecule has 0 unspecified atom stereocenters. The fourth-order valence-corrected chi connectivity index (χ4v) is 2.18.